The van der Waals surface area contributed by atoms with Crippen molar-refractivity contribution in [3.8, 4) is 0 Å². The molecular formula is C12H18ClN3. The molecule has 16 heavy (non-hydrogen) atoms. The van der Waals surface area contributed by atoms with Crippen LogP contribution in [0.5, 0.6) is 0 Å². The van der Waals surface area contributed by atoms with Gasteiger partial charge in [-0.15, -0.1) is 0 Å². The summed E-state index contributed by atoms with van der Waals surface area (Å²) in [6.45, 7) is 2.77. The van der Waals surface area contributed by atoms with Crippen LogP contribution in [0.15, 0.2) is 0 Å². The molecule has 0 N–H and O–H groups in total. The number of hydrogen-bond acceptors (Lipinski definition) is 3. The minimum absolute atomic E-state index is 0.649. The predicted molar refractivity (Wildman–Crippen MR) is 65.6 cm³/mol. The molecule has 0 bridgehead atoms. The van der Waals surface area contributed by atoms with Crippen LogP contribution in [0.3, 0.4) is 0 Å². The molecule has 0 aliphatic heterocycles. The van der Waals surface area contributed by atoms with Crippen molar-refractivity contribution >= 4 is 11.6 Å². The van der Waals surface area contributed by atoms with E-state index in [1.807, 2.05) is 25.9 Å². The van der Waals surface area contributed by atoms with E-state index in [2.05, 4.69) is 9.97 Å². The van der Waals surface area contributed by atoms with Crippen LogP contribution in [0.25, 0.3) is 0 Å². The Morgan fingerprint density at radius 2 is 2.00 bits per heavy atom. The molecule has 1 aliphatic rings. The topological polar surface area (TPSA) is 29.0 Å². The van der Waals surface area contributed by atoms with Crippen molar-refractivity contribution in [1.29, 1.82) is 0 Å². The lowest BCUT2D eigenvalue weighted by atomic mass is 10.1. The Bertz CT molecular complexity index is 363. The minimum atomic E-state index is 0.649. The van der Waals surface area contributed by atoms with Gasteiger partial charge in [0.25, 0.3) is 0 Å². The summed E-state index contributed by atoms with van der Waals surface area (Å²) < 4.78 is 0. The van der Waals surface area contributed by atoms with Crippen molar-refractivity contribution in [3.05, 3.63) is 22.2 Å². The molecular weight excluding hydrogens is 222 g/mol. The Hall–Kier alpha value is -0.670. The van der Waals surface area contributed by atoms with Crippen LogP contribution < -0.4 is 0 Å². The third-order valence-corrected chi connectivity index (χ3v) is 3.17. The molecule has 1 aliphatic carbocycles. The molecule has 1 saturated carbocycles. The molecule has 0 radical (unpaired) electrons. The molecule has 0 aromatic carbocycles. The third-order valence-electron chi connectivity index (χ3n) is 2.86. The zero-order chi connectivity index (χ0) is 11.7. The van der Waals surface area contributed by atoms with E-state index in [9.17, 15) is 0 Å². The summed E-state index contributed by atoms with van der Waals surface area (Å²) in [5, 5.41) is 0.649. The smallest absolute Gasteiger partial charge is 0.144 e. The quantitative estimate of drug-likeness (QED) is 0.756. The fourth-order valence-corrected chi connectivity index (χ4v) is 2.12. The molecule has 1 aromatic heterocycles. The Morgan fingerprint density at radius 1 is 1.31 bits per heavy atom. The average molecular weight is 240 g/mol. The second-order valence-electron chi connectivity index (χ2n) is 4.88. The van der Waals surface area contributed by atoms with E-state index < -0.39 is 0 Å². The molecule has 0 saturated heterocycles. The maximum absolute atomic E-state index is 6.22. The fourth-order valence-electron chi connectivity index (χ4n) is 1.81. The van der Waals surface area contributed by atoms with E-state index in [4.69, 9.17) is 11.6 Å². The van der Waals surface area contributed by atoms with E-state index in [1.54, 1.807) is 0 Å². The van der Waals surface area contributed by atoms with Crippen LogP contribution >= 0.6 is 11.6 Å². The van der Waals surface area contributed by atoms with Crippen LogP contribution in [0, 0.1) is 12.8 Å². The summed E-state index contributed by atoms with van der Waals surface area (Å²) in [6, 6.07) is 0. The van der Waals surface area contributed by atoms with Gasteiger partial charge in [0, 0.05) is 11.3 Å². The standard InChI is InChI=1S/C12H18ClN3/c1-8-10(6-9-4-5-9)12(13)15-11(14-8)7-16(2)3/h9H,4-7H2,1-3H3. The predicted octanol–water partition coefficient (Wildman–Crippen LogP) is 2.45. The van der Waals surface area contributed by atoms with Crippen molar-refractivity contribution in [2.24, 2.45) is 5.92 Å². The largest absolute Gasteiger partial charge is 0.302 e. The minimum Gasteiger partial charge on any atom is -0.302 e. The van der Waals surface area contributed by atoms with Gasteiger partial charge in [0.05, 0.1) is 6.54 Å². The van der Waals surface area contributed by atoms with Gasteiger partial charge in [-0.25, -0.2) is 9.97 Å². The molecule has 0 unspecified atom stereocenters. The van der Waals surface area contributed by atoms with Gasteiger partial charge in [0.1, 0.15) is 11.0 Å². The van der Waals surface area contributed by atoms with Crippen LogP contribution in [-0.2, 0) is 13.0 Å². The Morgan fingerprint density at radius 3 is 2.50 bits per heavy atom. The average Bonchev–Trinajstić information content (AvgIpc) is 2.93. The number of hydrogen-bond donors (Lipinski definition) is 0. The van der Waals surface area contributed by atoms with Gasteiger partial charge in [0.15, 0.2) is 0 Å². The van der Waals surface area contributed by atoms with Crippen molar-refractivity contribution in [2.75, 3.05) is 14.1 Å². The van der Waals surface area contributed by atoms with Crippen LogP contribution in [0.4, 0.5) is 0 Å². The van der Waals surface area contributed by atoms with Crippen LogP contribution in [0.1, 0.15) is 29.9 Å². The van der Waals surface area contributed by atoms with Crippen molar-refractivity contribution in [3.63, 3.8) is 0 Å². The first-order valence-electron chi connectivity index (χ1n) is 5.73. The monoisotopic (exact) mass is 239 g/mol. The molecule has 88 valence electrons. The van der Waals surface area contributed by atoms with E-state index in [0.29, 0.717) is 5.15 Å². The summed E-state index contributed by atoms with van der Waals surface area (Å²) >= 11 is 6.22. The van der Waals surface area contributed by atoms with Gasteiger partial charge in [-0.3, -0.25) is 0 Å². The highest BCUT2D eigenvalue weighted by molar-refractivity contribution is 6.30. The first-order valence-corrected chi connectivity index (χ1v) is 6.10. The van der Waals surface area contributed by atoms with E-state index in [1.165, 1.54) is 12.8 Å². The molecule has 0 atom stereocenters. The van der Waals surface area contributed by atoms with E-state index in [-0.39, 0.29) is 0 Å². The lowest BCUT2D eigenvalue weighted by Crippen LogP contribution is -2.15. The third kappa shape index (κ3) is 2.92. The molecule has 2 rings (SSSR count). The van der Waals surface area contributed by atoms with Crippen molar-refractivity contribution in [2.45, 2.75) is 32.7 Å². The van der Waals surface area contributed by atoms with Gasteiger partial charge in [0.2, 0.25) is 0 Å². The Kier molecular flexibility index (Phi) is 3.45. The molecule has 0 spiro atoms. The lowest BCUT2D eigenvalue weighted by Gasteiger charge is -2.12. The van der Waals surface area contributed by atoms with Crippen molar-refractivity contribution < 1.29 is 0 Å². The summed E-state index contributed by atoms with van der Waals surface area (Å²) in [4.78, 5) is 10.9. The van der Waals surface area contributed by atoms with E-state index >= 15 is 0 Å². The van der Waals surface area contributed by atoms with E-state index in [0.717, 1.165) is 36.0 Å². The highest BCUT2D eigenvalue weighted by Gasteiger charge is 2.24. The molecule has 1 aromatic rings. The Labute approximate surface area is 102 Å². The number of aryl methyl sites for hydroxylation is 1. The van der Waals surface area contributed by atoms with Crippen LogP contribution in [0.2, 0.25) is 5.15 Å². The second kappa shape index (κ2) is 4.68. The molecule has 3 nitrogen and oxygen atoms in total. The van der Waals surface area contributed by atoms with Gasteiger partial charge >= 0.3 is 0 Å². The number of aromatic nitrogens is 2. The molecule has 4 heteroatoms. The summed E-state index contributed by atoms with van der Waals surface area (Å²) in [7, 11) is 4.01. The van der Waals surface area contributed by atoms with Gasteiger partial charge in [-0.05, 0) is 46.2 Å². The fraction of sp³-hybridized carbons (Fsp3) is 0.667. The maximum Gasteiger partial charge on any atom is 0.144 e. The highest BCUT2D eigenvalue weighted by Crippen LogP contribution is 2.34. The maximum atomic E-state index is 6.22. The normalized spacial score (nSPS) is 15.8. The number of rotatable bonds is 4. The molecule has 1 fully saturated rings. The summed E-state index contributed by atoms with van der Waals surface area (Å²) in [6.07, 6.45) is 3.71. The molecule has 0 amide bonds. The zero-order valence-electron chi connectivity index (χ0n) is 10.1. The first-order chi connectivity index (χ1) is 7.56. The van der Waals surface area contributed by atoms with Gasteiger partial charge < -0.3 is 4.90 Å². The van der Waals surface area contributed by atoms with Gasteiger partial charge in [-0.1, -0.05) is 11.6 Å². The highest BCUT2D eigenvalue weighted by atomic mass is 35.5. The number of halogens is 1. The Balaban J connectivity index is 2.19. The second-order valence-corrected chi connectivity index (χ2v) is 5.24. The zero-order valence-corrected chi connectivity index (χ0v) is 10.9. The van der Waals surface area contributed by atoms with Crippen molar-refractivity contribution in [1.82, 2.24) is 14.9 Å². The lowest BCUT2D eigenvalue weighted by molar-refractivity contribution is 0.389. The first kappa shape index (κ1) is 11.8. The summed E-state index contributed by atoms with van der Waals surface area (Å²) in [5.41, 5.74) is 2.19. The van der Waals surface area contributed by atoms with Crippen LogP contribution in [-0.4, -0.2) is 29.0 Å². The summed E-state index contributed by atoms with van der Waals surface area (Å²) in [5.74, 6) is 1.63. The number of nitrogens with zero attached hydrogens (tertiary/aromatic N) is 3. The SMILES string of the molecule is Cc1nc(CN(C)C)nc(Cl)c1CC1CC1. The van der Waals surface area contributed by atoms with Gasteiger partial charge in [-0.2, -0.15) is 0 Å². The molecule has 1 heterocycles.